The molecule has 9 nitrogen and oxygen atoms in total. The number of cyclic esters (lactones) is 1. The highest BCUT2D eigenvalue weighted by molar-refractivity contribution is 6.32. The molecule has 0 saturated heterocycles. The minimum atomic E-state index is -0.739. The largest absolute Gasteiger partial charge is 0.493 e. The number of ether oxygens (including phenoxy) is 3. The van der Waals surface area contributed by atoms with Crippen molar-refractivity contribution in [1.82, 2.24) is 0 Å². The van der Waals surface area contributed by atoms with Crippen molar-refractivity contribution in [1.29, 1.82) is 0 Å². The highest BCUT2D eigenvalue weighted by atomic mass is 35.5. The number of benzene rings is 3. The van der Waals surface area contributed by atoms with E-state index in [0.29, 0.717) is 11.1 Å². The van der Waals surface area contributed by atoms with Crippen LogP contribution in [0.4, 0.5) is 5.69 Å². The fourth-order valence-electron chi connectivity index (χ4n) is 3.29. The molecule has 3 aromatic rings. The summed E-state index contributed by atoms with van der Waals surface area (Å²) in [7, 11) is 1.38. The zero-order chi connectivity index (χ0) is 25.1. The zero-order valence-corrected chi connectivity index (χ0v) is 19.2. The van der Waals surface area contributed by atoms with Gasteiger partial charge in [-0.1, -0.05) is 35.4 Å². The fourth-order valence-corrected chi connectivity index (χ4v) is 3.55. The second-order valence-electron chi connectivity index (χ2n) is 7.44. The van der Waals surface area contributed by atoms with Crippen LogP contribution in [0.25, 0.3) is 6.08 Å². The number of nitro benzene ring substituents is 1. The van der Waals surface area contributed by atoms with Gasteiger partial charge in [-0.15, -0.1) is 0 Å². The number of non-ortho nitro benzene ring substituents is 1. The molecule has 0 radical (unpaired) electrons. The van der Waals surface area contributed by atoms with Crippen LogP contribution in [0.5, 0.6) is 11.5 Å². The van der Waals surface area contributed by atoms with Crippen LogP contribution in [0.15, 0.2) is 71.4 Å². The Morgan fingerprint density at radius 2 is 1.91 bits per heavy atom. The molecule has 1 heterocycles. The minimum Gasteiger partial charge on any atom is -0.493 e. The van der Waals surface area contributed by atoms with Crippen LogP contribution in [0.3, 0.4) is 0 Å². The second kappa shape index (κ2) is 9.78. The van der Waals surface area contributed by atoms with E-state index in [-0.39, 0.29) is 39.4 Å². The lowest BCUT2D eigenvalue weighted by molar-refractivity contribution is -0.384. The van der Waals surface area contributed by atoms with Crippen molar-refractivity contribution in [3.63, 3.8) is 0 Å². The summed E-state index contributed by atoms with van der Waals surface area (Å²) in [5, 5.41) is 11.1. The molecule has 0 amide bonds. The van der Waals surface area contributed by atoms with E-state index in [2.05, 4.69) is 4.99 Å². The predicted octanol–water partition coefficient (Wildman–Crippen LogP) is 5.13. The Morgan fingerprint density at radius 1 is 1.14 bits per heavy atom. The summed E-state index contributed by atoms with van der Waals surface area (Å²) in [6.07, 6.45) is 1.41. The van der Waals surface area contributed by atoms with Gasteiger partial charge in [0.25, 0.3) is 5.69 Å². The van der Waals surface area contributed by atoms with E-state index in [0.717, 1.165) is 5.56 Å². The summed E-state index contributed by atoms with van der Waals surface area (Å²) in [5.41, 5.74) is 1.75. The zero-order valence-electron chi connectivity index (χ0n) is 18.5. The van der Waals surface area contributed by atoms with E-state index in [1.54, 1.807) is 24.3 Å². The Labute approximate surface area is 204 Å². The van der Waals surface area contributed by atoms with Gasteiger partial charge >= 0.3 is 11.9 Å². The monoisotopic (exact) mass is 492 g/mol. The Morgan fingerprint density at radius 3 is 2.63 bits per heavy atom. The Balaban J connectivity index is 1.63. The summed E-state index contributed by atoms with van der Waals surface area (Å²) in [4.78, 5) is 39.5. The summed E-state index contributed by atoms with van der Waals surface area (Å²) < 4.78 is 16.0. The number of methoxy groups -OCH3 is 1. The van der Waals surface area contributed by atoms with Gasteiger partial charge in [0.1, 0.15) is 0 Å². The molecule has 0 bridgehead atoms. The van der Waals surface area contributed by atoms with Crippen LogP contribution in [0, 0.1) is 17.0 Å². The molecule has 0 unspecified atom stereocenters. The summed E-state index contributed by atoms with van der Waals surface area (Å²) in [6.45, 7) is 1.85. The highest BCUT2D eigenvalue weighted by Gasteiger charge is 2.26. The third-order valence-corrected chi connectivity index (χ3v) is 5.21. The standard InChI is InChI=1S/C25H17ClN2O7/c1-14-5-3-7-17(9-14)24(29)34-22-19(26)10-15(12-21(22)33-2)11-20-25(30)35-23(27-20)16-6-4-8-18(13-16)28(31)32/h3-13H,1-2H3/b20-11-. The number of hydrogen-bond donors (Lipinski definition) is 0. The summed E-state index contributed by atoms with van der Waals surface area (Å²) in [6, 6.07) is 15.5. The van der Waals surface area contributed by atoms with Crippen LogP contribution in [-0.4, -0.2) is 29.9 Å². The fraction of sp³-hybridized carbons (Fsp3) is 0.0800. The van der Waals surface area contributed by atoms with Crippen molar-refractivity contribution >= 4 is 41.2 Å². The van der Waals surface area contributed by atoms with E-state index < -0.39 is 16.9 Å². The SMILES string of the molecule is COc1cc(/C=C2\N=C(c3cccc([N+](=O)[O-])c3)OC2=O)cc(Cl)c1OC(=O)c1cccc(C)c1. The Hall–Kier alpha value is -4.50. The van der Waals surface area contributed by atoms with Gasteiger partial charge in [-0.2, -0.15) is 0 Å². The van der Waals surface area contributed by atoms with Gasteiger partial charge in [0.15, 0.2) is 17.2 Å². The average Bonchev–Trinajstić information content (AvgIpc) is 3.20. The van der Waals surface area contributed by atoms with Crippen molar-refractivity contribution in [3.8, 4) is 11.5 Å². The number of esters is 2. The molecule has 0 fully saturated rings. The molecule has 1 aliphatic heterocycles. The van der Waals surface area contributed by atoms with Crippen molar-refractivity contribution in [2.75, 3.05) is 7.11 Å². The maximum atomic E-state index is 12.6. The first-order valence-electron chi connectivity index (χ1n) is 10.2. The number of nitrogens with zero attached hydrogens (tertiary/aromatic N) is 2. The maximum absolute atomic E-state index is 12.6. The first kappa shape index (κ1) is 23.7. The van der Waals surface area contributed by atoms with E-state index in [1.807, 2.05) is 13.0 Å². The third kappa shape index (κ3) is 5.20. The molecule has 35 heavy (non-hydrogen) atoms. The van der Waals surface area contributed by atoms with Crippen LogP contribution < -0.4 is 9.47 Å². The highest BCUT2D eigenvalue weighted by Crippen LogP contribution is 2.38. The molecular weight excluding hydrogens is 476 g/mol. The number of aliphatic imine (C=N–C) groups is 1. The molecule has 3 aromatic carbocycles. The Kier molecular flexibility index (Phi) is 6.61. The molecule has 176 valence electrons. The molecule has 0 atom stereocenters. The lowest BCUT2D eigenvalue weighted by atomic mass is 10.1. The smallest absolute Gasteiger partial charge is 0.363 e. The van der Waals surface area contributed by atoms with Gasteiger partial charge in [0, 0.05) is 17.7 Å². The van der Waals surface area contributed by atoms with Crippen LogP contribution in [0.2, 0.25) is 5.02 Å². The molecule has 1 aliphatic rings. The van der Waals surface area contributed by atoms with Crippen LogP contribution >= 0.6 is 11.6 Å². The van der Waals surface area contributed by atoms with Gasteiger partial charge in [0.05, 0.1) is 22.6 Å². The lowest BCUT2D eigenvalue weighted by Crippen LogP contribution is -2.10. The van der Waals surface area contributed by atoms with Gasteiger partial charge in [-0.05, 0) is 48.9 Å². The number of aryl methyl sites for hydroxylation is 1. The average molecular weight is 493 g/mol. The molecule has 10 heteroatoms. The molecule has 0 aliphatic carbocycles. The van der Waals surface area contributed by atoms with Gasteiger partial charge in [-0.25, -0.2) is 14.6 Å². The van der Waals surface area contributed by atoms with Crippen LogP contribution in [-0.2, 0) is 9.53 Å². The number of halogens is 1. The Bertz CT molecular complexity index is 1430. The van der Waals surface area contributed by atoms with Crippen molar-refractivity contribution < 1.29 is 28.7 Å². The molecule has 0 N–H and O–H groups in total. The number of hydrogen-bond acceptors (Lipinski definition) is 8. The minimum absolute atomic E-state index is 0.0256. The topological polar surface area (TPSA) is 117 Å². The summed E-state index contributed by atoms with van der Waals surface area (Å²) in [5.74, 6) is -1.22. The number of nitro groups is 1. The number of carbonyl (C=O) groups excluding carboxylic acids is 2. The van der Waals surface area contributed by atoms with Crippen molar-refractivity contribution in [2.24, 2.45) is 4.99 Å². The number of rotatable bonds is 6. The van der Waals surface area contributed by atoms with E-state index in [4.69, 9.17) is 25.8 Å². The van der Waals surface area contributed by atoms with E-state index >= 15 is 0 Å². The normalized spacial score (nSPS) is 13.9. The molecule has 0 aromatic heterocycles. The van der Waals surface area contributed by atoms with E-state index in [1.165, 1.54) is 43.5 Å². The first-order valence-corrected chi connectivity index (χ1v) is 10.6. The van der Waals surface area contributed by atoms with Gasteiger partial charge < -0.3 is 14.2 Å². The predicted molar refractivity (Wildman–Crippen MR) is 128 cm³/mol. The summed E-state index contributed by atoms with van der Waals surface area (Å²) >= 11 is 6.37. The molecule has 4 rings (SSSR count). The quantitative estimate of drug-likeness (QED) is 0.154. The number of carbonyl (C=O) groups is 2. The van der Waals surface area contributed by atoms with Crippen LogP contribution in [0.1, 0.15) is 27.0 Å². The maximum Gasteiger partial charge on any atom is 0.363 e. The van der Waals surface area contributed by atoms with Crippen molar-refractivity contribution in [2.45, 2.75) is 6.92 Å². The third-order valence-electron chi connectivity index (χ3n) is 4.93. The second-order valence-corrected chi connectivity index (χ2v) is 7.84. The molecule has 0 spiro atoms. The lowest BCUT2D eigenvalue weighted by Gasteiger charge is -2.12. The van der Waals surface area contributed by atoms with Gasteiger partial charge in [0.2, 0.25) is 5.90 Å². The molecule has 0 saturated carbocycles. The van der Waals surface area contributed by atoms with E-state index in [9.17, 15) is 19.7 Å². The first-order chi connectivity index (χ1) is 16.7. The van der Waals surface area contributed by atoms with Crippen molar-refractivity contribution in [3.05, 3.63) is 104 Å². The van der Waals surface area contributed by atoms with Gasteiger partial charge in [-0.3, -0.25) is 10.1 Å². The molecular formula is C25H17ClN2O7.